The summed E-state index contributed by atoms with van der Waals surface area (Å²) in [5.74, 6) is 0.306. The number of rotatable bonds is 4. The first-order chi connectivity index (χ1) is 12.2. The number of amides is 1. The van der Waals surface area contributed by atoms with Crippen molar-refractivity contribution in [1.82, 2.24) is 4.90 Å². The highest BCUT2D eigenvalue weighted by Gasteiger charge is 2.33. The average Bonchev–Trinajstić information content (AvgIpc) is 3.01. The van der Waals surface area contributed by atoms with Crippen molar-refractivity contribution in [2.45, 2.75) is 53.0 Å². The molecule has 0 saturated carbocycles. The molecular weight excluding hydrogens is 345 g/mol. The van der Waals surface area contributed by atoms with Crippen LogP contribution in [0.4, 0.5) is 4.39 Å². The van der Waals surface area contributed by atoms with Gasteiger partial charge in [-0.15, -0.1) is 11.3 Å². The second kappa shape index (κ2) is 7.51. The quantitative estimate of drug-likeness (QED) is 0.661. The zero-order valence-corrected chi connectivity index (χ0v) is 16.9. The van der Waals surface area contributed by atoms with Gasteiger partial charge in [0.15, 0.2) is 0 Å². The van der Waals surface area contributed by atoms with E-state index in [0.717, 1.165) is 24.9 Å². The number of hydrogen-bond donors (Lipinski definition) is 0. The van der Waals surface area contributed by atoms with E-state index in [-0.39, 0.29) is 23.2 Å². The fourth-order valence-corrected chi connectivity index (χ4v) is 5.03. The van der Waals surface area contributed by atoms with Crippen molar-refractivity contribution in [1.29, 1.82) is 0 Å². The van der Waals surface area contributed by atoms with Crippen molar-refractivity contribution in [3.05, 3.63) is 57.5 Å². The summed E-state index contributed by atoms with van der Waals surface area (Å²) in [6.45, 7) is 9.54. The Kier molecular flexibility index (Phi) is 5.52. The fraction of sp³-hybridized carbons (Fsp3) is 0.500. The maximum atomic E-state index is 13.4. The molecule has 2 heterocycles. The predicted octanol–water partition coefficient (Wildman–Crippen LogP) is 5.82. The maximum absolute atomic E-state index is 13.4. The highest BCUT2D eigenvalue weighted by atomic mass is 32.1. The Labute approximate surface area is 160 Å². The second-order valence-corrected chi connectivity index (χ2v) is 9.67. The van der Waals surface area contributed by atoms with Gasteiger partial charge >= 0.3 is 0 Å². The molecule has 0 N–H and O–H groups in total. The minimum absolute atomic E-state index is 0.0973. The van der Waals surface area contributed by atoms with Crippen molar-refractivity contribution in [3.8, 4) is 0 Å². The van der Waals surface area contributed by atoms with Crippen LogP contribution in [0.5, 0.6) is 0 Å². The van der Waals surface area contributed by atoms with Crippen LogP contribution in [-0.4, -0.2) is 17.4 Å². The standard InChI is InChI=1S/C22H28FNOS/c1-15(14-22(2,3)4)13-20(25)24-11-9-19-18(10-12-26-19)21(24)16-5-7-17(23)8-6-16/h5-8,10,12,15,21H,9,11,13-14H2,1-4H3/t15-,21-/m0/s1. The highest BCUT2D eigenvalue weighted by molar-refractivity contribution is 7.10. The summed E-state index contributed by atoms with van der Waals surface area (Å²) in [7, 11) is 0. The van der Waals surface area contributed by atoms with Gasteiger partial charge in [0, 0.05) is 17.8 Å². The van der Waals surface area contributed by atoms with Gasteiger partial charge in [-0.05, 0) is 58.9 Å². The van der Waals surface area contributed by atoms with Gasteiger partial charge in [-0.2, -0.15) is 0 Å². The van der Waals surface area contributed by atoms with Gasteiger partial charge in [0.25, 0.3) is 0 Å². The Hall–Kier alpha value is -1.68. The SMILES string of the molecule is C[C@@H](CC(=O)N1CCc2sccc2[C@@H]1c1ccc(F)cc1)CC(C)(C)C. The van der Waals surface area contributed by atoms with Crippen molar-refractivity contribution in [3.63, 3.8) is 0 Å². The molecule has 140 valence electrons. The fourth-order valence-electron chi connectivity index (χ4n) is 4.12. The van der Waals surface area contributed by atoms with Crippen LogP contribution in [0.15, 0.2) is 35.7 Å². The molecule has 1 aromatic heterocycles. The molecule has 1 aliphatic heterocycles. The average molecular weight is 374 g/mol. The summed E-state index contributed by atoms with van der Waals surface area (Å²) in [4.78, 5) is 16.5. The summed E-state index contributed by atoms with van der Waals surface area (Å²) >= 11 is 1.75. The van der Waals surface area contributed by atoms with E-state index in [1.807, 2.05) is 17.0 Å². The number of thiophene rings is 1. The van der Waals surface area contributed by atoms with Gasteiger partial charge in [-0.3, -0.25) is 4.79 Å². The third kappa shape index (κ3) is 4.35. The van der Waals surface area contributed by atoms with E-state index in [1.54, 1.807) is 11.3 Å². The molecule has 0 bridgehead atoms. The van der Waals surface area contributed by atoms with E-state index in [0.29, 0.717) is 12.3 Å². The van der Waals surface area contributed by atoms with Gasteiger partial charge in [0.05, 0.1) is 6.04 Å². The van der Waals surface area contributed by atoms with Gasteiger partial charge in [-0.25, -0.2) is 4.39 Å². The van der Waals surface area contributed by atoms with Crippen LogP contribution >= 0.6 is 11.3 Å². The van der Waals surface area contributed by atoms with Crippen LogP contribution in [0, 0.1) is 17.2 Å². The Morgan fingerprint density at radius 2 is 1.96 bits per heavy atom. The first kappa shape index (κ1) is 19.1. The Morgan fingerprint density at radius 3 is 2.62 bits per heavy atom. The summed E-state index contributed by atoms with van der Waals surface area (Å²) in [6.07, 6.45) is 2.50. The molecule has 0 saturated heterocycles. The summed E-state index contributed by atoms with van der Waals surface area (Å²) in [5.41, 5.74) is 2.41. The van der Waals surface area contributed by atoms with Crippen molar-refractivity contribution < 1.29 is 9.18 Å². The molecule has 1 aliphatic rings. The van der Waals surface area contributed by atoms with Gasteiger partial charge in [0.2, 0.25) is 5.91 Å². The molecule has 26 heavy (non-hydrogen) atoms. The van der Waals surface area contributed by atoms with Crippen molar-refractivity contribution >= 4 is 17.2 Å². The molecule has 0 aliphatic carbocycles. The first-order valence-electron chi connectivity index (χ1n) is 9.36. The third-order valence-corrected chi connectivity index (χ3v) is 5.95. The Bertz CT molecular complexity index is 759. The summed E-state index contributed by atoms with van der Waals surface area (Å²) in [6, 6.07) is 8.62. The Morgan fingerprint density at radius 1 is 1.27 bits per heavy atom. The van der Waals surface area contributed by atoms with Crippen LogP contribution in [0.25, 0.3) is 0 Å². The van der Waals surface area contributed by atoms with E-state index < -0.39 is 0 Å². The minimum atomic E-state index is -0.244. The lowest BCUT2D eigenvalue weighted by Gasteiger charge is -2.37. The first-order valence-corrected chi connectivity index (χ1v) is 10.2. The smallest absolute Gasteiger partial charge is 0.223 e. The normalized spacial score (nSPS) is 18.5. The molecule has 0 fully saturated rings. The lowest BCUT2D eigenvalue weighted by Crippen LogP contribution is -2.40. The molecule has 1 aromatic carbocycles. The van der Waals surface area contributed by atoms with Gasteiger partial charge in [-0.1, -0.05) is 39.8 Å². The van der Waals surface area contributed by atoms with Crippen molar-refractivity contribution in [2.75, 3.05) is 6.54 Å². The van der Waals surface area contributed by atoms with Crippen LogP contribution in [0.2, 0.25) is 0 Å². The van der Waals surface area contributed by atoms with E-state index >= 15 is 0 Å². The lowest BCUT2D eigenvalue weighted by atomic mass is 9.83. The number of carbonyl (C=O) groups excluding carboxylic acids is 1. The molecule has 0 radical (unpaired) electrons. The van der Waals surface area contributed by atoms with Crippen LogP contribution in [-0.2, 0) is 11.2 Å². The zero-order valence-electron chi connectivity index (χ0n) is 16.1. The lowest BCUT2D eigenvalue weighted by molar-refractivity contribution is -0.134. The molecule has 1 amide bonds. The number of fused-ring (bicyclic) bond motifs is 1. The zero-order chi connectivity index (χ0) is 18.9. The largest absolute Gasteiger partial charge is 0.331 e. The summed E-state index contributed by atoms with van der Waals surface area (Å²) < 4.78 is 13.4. The molecule has 0 spiro atoms. The van der Waals surface area contributed by atoms with Gasteiger partial charge in [0.1, 0.15) is 5.82 Å². The molecule has 0 unspecified atom stereocenters. The van der Waals surface area contributed by atoms with E-state index in [2.05, 4.69) is 39.1 Å². The molecule has 2 atom stereocenters. The third-order valence-electron chi connectivity index (χ3n) is 4.96. The van der Waals surface area contributed by atoms with Gasteiger partial charge < -0.3 is 4.90 Å². The Balaban J connectivity index is 1.85. The number of carbonyl (C=O) groups is 1. The number of nitrogens with zero attached hydrogens (tertiary/aromatic N) is 1. The number of halogens is 1. The second-order valence-electron chi connectivity index (χ2n) is 8.66. The van der Waals surface area contributed by atoms with E-state index in [1.165, 1.54) is 22.6 Å². The maximum Gasteiger partial charge on any atom is 0.223 e. The topological polar surface area (TPSA) is 20.3 Å². The molecule has 3 rings (SSSR count). The molecule has 2 aromatic rings. The van der Waals surface area contributed by atoms with Crippen LogP contribution in [0.1, 0.15) is 62.6 Å². The molecular formula is C22H28FNOS. The monoisotopic (exact) mass is 373 g/mol. The summed E-state index contributed by atoms with van der Waals surface area (Å²) in [5, 5.41) is 2.09. The number of hydrogen-bond acceptors (Lipinski definition) is 2. The molecule has 4 heteroatoms. The number of benzene rings is 1. The van der Waals surface area contributed by atoms with E-state index in [9.17, 15) is 9.18 Å². The predicted molar refractivity (Wildman–Crippen MR) is 106 cm³/mol. The van der Waals surface area contributed by atoms with E-state index in [4.69, 9.17) is 0 Å². The van der Waals surface area contributed by atoms with Crippen LogP contribution < -0.4 is 0 Å². The molecule has 2 nitrogen and oxygen atoms in total. The minimum Gasteiger partial charge on any atom is -0.331 e. The van der Waals surface area contributed by atoms with Crippen molar-refractivity contribution in [2.24, 2.45) is 11.3 Å². The highest BCUT2D eigenvalue weighted by Crippen LogP contribution is 2.38. The van der Waals surface area contributed by atoms with Crippen LogP contribution in [0.3, 0.4) is 0 Å².